The molecule has 0 N–H and O–H groups in total. The zero-order valence-electron chi connectivity index (χ0n) is 19.2. The minimum absolute atomic E-state index is 0.165. The number of aromatic nitrogens is 3. The van der Waals surface area contributed by atoms with Crippen molar-refractivity contribution in [2.24, 2.45) is 0 Å². The van der Waals surface area contributed by atoms with Gasteiger partial charge in [0.1, 0.15) is 0 Å². The smallest absolute Gasteiger partial charge is 0.310 e. The topological polar surface area (TPSA) is 94.5 Å². The molecule has 0 radical (unpaired) electrons. The maximum absolute atomic E-state index is 13.4. The standard InChI is InChI=1S/C24H22BrClN4O4S/c1-4-18(31)30-17-10-8-7-9-14(17)20-22(27-24(29-28-20)35-6-3)34-23(30)15-11-13(26)12-16(25)21(15)33-19(32)5-2/h7-12,23H,4-6H2,1-3H3. The molecule has 1 aliphatic rings. The van der Waals surface area contributed by atoms with Crippen LogP contribution in [0.4, 0.5) is 5.69 Å². The summed E-state index contributed by atoms with van der Waals surface area (Å²) in [6.07, 6.45) is -0.680. The molecule has 0 saturated heterocycles. The van der Waals surface area contributed by atoms with E-state index in [0.717, 1.165) is 5.75 Å². The quantitative estimate of drug-likeness (QED) is 0.194. The molecular formula is C24H22BrClN4O4S. The van der Waals surface area contributed by atoms with Crippen LogP contribution in [0.1, 0.15) is 45.4 Å². The number of carbonyl (C=O) groups excluding carboxylic acids is 2. The number of benzene rings is 2. The SMILES string of the molecule is CCSc1nnc2c(n1)OC(c1cc(Cl)cc(Br)c1OC(=O)CC)N(C(=O)CC)c1ccccc1-2. The number of para-hydroxylation sites is 1. The Balaban J connectivity index is 2.00. The first-order valence-electron chi connectivity index (χ1n) is 11.0. The lowest BCUT2D eigenvalue weighted by molar-refractivity contribution is -0.134. The zero-order valence-corrected chi connectivity index (χ0v) is 22.4. The predicted molar refractivity (Wildman–Crippen MR) is 138 cm³/mol. The molecule has 11 heteroatoms. The average molecular weight is 578 g/mol. The number of esters is 1. The normalized spacial score (nSPS) is 14.4. The molecule has 1 aromatic heterocycles. The fourth-order valence-corrected chi connectivity index (χ4v) is 5.02. The molecule has 0 spiro atoms. The maximum Gasteiger partial charge on any atom is 0.310 e. The number of fused-ring (bicyclic) bond motifs is 3. The number of thioether (sulfide) groups is 1. The first-order valence-corrected chi connectivity index (χ1v) is 13.2. The summed E-state index contributed by atoms with van der Waals surface area (Å²) in [4.78, 5) is 31.8. The highest BCUT2D eigenvalue weighted by Crippen LogP contribution is 2.47. The van der Waals surface area contributed by atoms with E-state index < -0.39 is 12.2 Å². The van der Waals surface area contributed by atoms with E-state index in [9.17, 15) is 9.59 Å². The molecule has 3 aromatic rings. The Kier molecular flexibility index (Phi) is 7.93. The maximum atomic E-state index is 13.4. The van der Waals surface area contributed by atoms with Crippen molar-refractivity contribution in [3.8, 4) is 22.9 Å². The number of hydrogen-bond donors (Lipinski definition) is 0. The van der Waals surface area contributed by atoms with Crippen LogP contribution in [0.3, 0.4) is 0 Å². The van der Waals surface area contributed by atoms with Crippen LogP contribution in [0.5, 0.6) is 11.6 Å². The Labute approximate surface area is 220 Å². The van der Waals surface area contributed by atoms with Gasteiger partial charge in [0.15, 0.2) is 11.4 Å². The van der Waals surface area contributed by atoms with Crippen LogP contribution in [0, 0.1) is 0 Å². The number of amides is 1. The second-order valence-corrected chi connectivity index (χ2v) is 9.94. The third-order valence-electron chi connectivity index (χ3n) is 5.16. The molecule has 0 fully saturated rings. The van der Waals surface area contributed by atoms with Crippen LogP contribution >= 0.6 is 39.3 Å². The van der Waals surface area contributed by atoms with Crippen molar-refractivity contribution in [3.05, 3.63) is 51.5 Å². The van der Waals surface area contributed by atoms with Gasteiger partial charge in [-0.05, 0) is 39.9 Å². The summed E-state index contributed by atoms with van der Waals surface area (Å²) in [6, 6.07) is 10.6. The van der Waals surface area contributed by atoms with Gasteiger partial charge in [-0.25, -0.2) is 0 Å². The van der Waals surface area contributed by atoms with Crippen LogP contribution in [-0.4, -0.2) is 32.8 Å². The summed E-state index contributed by atoms with van der Waals surface area (Å²) >= 11 is 11.3. The highest BCUT2D eigenvalue weighted by molar-refractivity contribution is 9.10. The second-order valence-electron chi connectivity index (χ2n) is 7.42. The minimum atomic E-state index is -1.05. The molecule has 4 rings (SSSR count). The van der Waals surface area contributed by atoms with Gasteiger partial charge in [-0.1, -0.05) is 62.3 Å². The second kappa shape index (κ2) is 10.9. The summed E-state index contributed by atoms with van der Waals surface area (Å²) in [6.45, 7) is 5.45. The van der Waals surface area contributed by atoms with E-state index in [1.807, 2.05) is 31.2 Å². The molecule has 0 saturated carbocycles. The van der Waals surface area contributed by atoms with E-state index >= 15 is 0 Å². The van der Waals surface area contributed by atoms with Gasteiger partial charge >= 0.3 is 5.97 Å². The van der Waals surface area contributed by atoms with Crippen LogP contribution < -0.4 is 14.4 Å². The van der Waals surface area contributed by atoms with Gasteiger partial charge in [-0.3, -0.25) is 14.5 Å². The number of hydrogen-bond acceptors (Lipinski definition) is 8. The summed E-state index contributed by atoms with van der Waals surface area (Å²) in [5.74, 6) is 0.520. The van der Waals surface area contributed by atoms with Gasteiger partial charge in [0.05, 0.1) is 15.7 Å². The Morgan fingerprint density at radius 1 is 1.17 bits per heavy atom. The average Bonchev–Trinajstić information content (AvgIpc) is 2.99. The lowest BCUT2D eigenvalue weighted by Crippen LogP contribution is -2.37. The Bertz CT molecular complexity index is 1290. The molecule has 1 atom stereocenters. The fraction of sp³-hybridized carbons (Fsp3) is 0.292. The Morgan fingerprint density at radius 3 is 2.66 bits per heavy atom. The van der Waals surface area contributed by atoms with E-state index in [-0.39, 0.29) is 30.4 Å². The van der Waals surface area contributed by atoms with Crippen molar-refractivity contribution >= 4 is 56.9 Å². The Morgan fingerprint density at radius 2 is 1.94 bits per heavy atom. The van der Waals surface area contributed by atoms with Crippen molar-refractivity contribution in [1.82, 2.24) is 15.2 Å². The van der Waals surface area contributed by atoms with Crippen molar-refractivity contribution < 1.29 is 19.1 Å². The monoisotopic (exact) mass is 576 g/mol. The lowest BCUT2D eigenvalue weighted by atomic mass is 10.1. The van der Waals surface area contributed by atoms with Gasteiger partial charge in [0.2, 0.25) is 23.2 Å². The van der Waals surface area contributed by atoms with E-state index in [0.29, 0.717) is 37.2 Å². The molecule has 2 heterocycles. The van der Waals surface area contributed by atoms with E-state index in [4.69, 9.17) is 21.1 Å². The molecule has 1 unspecified atom stereocenters. The highest BCUT2D eigenvalue weighted by atomic mass is 79.9. The van der Waals surface area contributed by atoms with Crippen LogP contribution in [0.15, 0.2) is 46.0 Å². The predicted octanol–water partition coefficient (Wildman–Crippen LogP) is 6.22. The van der Waals surface area contributed by atoms with Gasteiger partial charge in [0, 0.05) is 23.4 Å². The third-order valence-corrected chi connectivity index (χ3v) is 6.69. The van der Waals surface area contributed by atoms with Crippen LogP contribution in [0.2, 0.25) is 5.02 Å². The van der Waals surface area contributed by atoms with Crippen LogP contribution in [0.25, 0.3) is 11.3 Å². The molecule has 35 heavy (non-hydrogen) atoms. The van der Waals surface area contributed by atoms with E-state index in [1.54, 1.807) is 26.0 Å². The summed E-state index contributed by atoms with van der Waals surface area (Å²) in [5.41, 5.74) is 2.01. The van der Waals surface area contributed by atoms with Gasteiger partial charge in [-0.2, -0.15) is 4.98 Å². The zero-order chi connectivity index (χ0) is 25.1. The van der Waals surface area contributed by atoms with Crippen molar-refractivity contribution in [3.63, 3.8) is 0 Å². The summed E-state index contributed by atoms with van der Waals surface area (Å²) in [7, 11) is 0. The van der Waals surface area contributed by atoms with E-state index in [1.165, 1.54) is 16.7 Å². The summed E-state index contributed by atoms with van der Waals surface area (Å²) in [5, 5.41) is 9.43. The van der Waals surface area contributed by atoms with Gasteiger partial charge < -0.3 is 9.47 Å². The molecule has 8 nitrogen and oxygen atoms in total. The van der Waals surface area contributed by atoms with Crippen molar-refractivity contribution in [1.29, 1.82) is 0 Å². The number of nitrogens with zero attached hydrogens (tertiary/aromatic N) is 4. The van der Waals surface area contributed by atoms with E-state index in [2.05, 4.69) is 31.1 Å². The number of ether oxygens (including phenoxy) is 2. The summed E-state index contributed by atoms with van der Waals surface area (Å²) < 4.78 is 12.5. The van der Waals surface area contributed by atoms with Crippen molar-refractivity contribution in [2.45, 2.75) is 45.0 Å². The molecule has 1 amide bonds. The minimum Gasteiger partial charge on any atom is -0.447 e. The largest absolute Gasteiger partial charge is 0.447 e. The Hall–Kier alpha value is -2.69. The molecule has 1 aliphatic heterocycles. The fourth-order valence-electron chi connectivity index (χ4n) is 3.60. The molecule has 0 aliphatic carbocycles. The van der Waals surface area contributed by atoms with Crippen molar-refractivity contribution in [2.75, 3.05) is 10.7 Å². The molecule has 182 valence electrons. The first kappa shape index (κ1) is 25.4. The number of halogens is 2. The molecule has 2 aromatic carbocycles. The van der Waals surface area contributed by atoms with Crippen LogP contribution in [-0.2, 0) is 9.59 Å². The van der Waals surface area contributed by atoms with Gasteiger partial charge in [-0.15, -0.1) is 10.2 Å². The lowest BCUT2D eigenvalue weighted by Gasteiger charge is -2.31. The highest BCUT2D eigenvalue weighted by Gasteiger charge is 2.37. The number of rotatable bonds is 6. The third kappa shape index (κ3) is 5.14. The first-order chi connectivity index (χ1) is 16.9. The number of carbonyl (C=O) groups is 2. The number of anilines is 1. The van der Waals surface area contributed by atoms with Gasteiger partial charge in [0.25, 0.3) is 0 Å². The molecule has 0 bridgehead atoms. The molecular weight excluding hydrogens is 556 g/mol.